The van der Waals surface area contributed by atoms with E-state index in [0.29, 0.717) is 5.69 Å². The lowest BCUT2D eigenvalue weighted by atomic mass is 9.73. The van der Waals surface area contributed by atoms with Gasteiger partial charge in [-0.1, -0.05) is 19.6 Å². The van der Waals surface area contributed by atoms with Crippen molar-refractivity contribution in [3.8, 4) is 11.3 Å². The van der Waals surface area contributed by atoms with Gasteiger partial charge in [-0.3, -0.25) is 0 Å². The van der Waals surface area contributed by atoms with Gasteiger partial charge < -0.3 is 20.5 Å². The highest BCUT2D eigenvalue weighted by Crippen LogP contribution is 2.42. The molecule has 5 rings (SSSR count). The Morgan fingerprint density at radius 2 is 2.03 bits per heavy atom. The molecule has 2 fully saturated rings. The summed E-state index contributed by atoms with van der Waals surface area (Å²) in [4.78, 5) is 20.3. The number of hydrogen-bond acceptors (Lipinski definition) is 8. The summed E-state index contributed by atoms with van der Waals surface area (Å²) in [6.45, 7) is 6.25. The first-order valence-corrected chi connectivity index (χ1v) is 10.8. The third kappa shape index (κ3) is 3.72. The molecular formula is C24H32N6O2. The molecule has 2 aromatic heterocycles. The number of rotatable bonds is 3. The molecule has 8 nitrogen and oxygen atoms in total. The molecule has 8 heteroatoms. The van der Waals surface area contributed by atoms with Gasteiger partial charge in [-0.05, 0) is 32.8 Å². The first kappa shape index (κ1) is 22.5. The molecule has 0 aliphatic carbocycles. The molecule has 2 saturated heterocycles. The number of nitrogens with two attached hydrogens (primary N) is 1. The summed E-state index contributed by atoms with van der Waals surface area (Å²) in [5.41, 5.74) is 10.5. The van der Waals surface area contributed by atoms with Gasteiger partial charge in [0.25, 0.3) is 0 Å². The van der Waals surface area contributed by atoms with Crippen molar-refractivity contribution >= 4 is 16.7 Å². The summed E-state index contributed by atoms with van der Waals surface area (Å²) < 4.78 is 5.84. The maximum absolute atomic E-state index is 10.1. The summed E-state index contributed by atoms with van der Waals surface area (Å²) in [5, 5.41) is 11.0. The molecule has 0 unspecified atom stereocenters. The molecule has 1 spiro atoms. The van der Waals surface area contributed by atoms with Crippen LogP contribution in [0, 0.1) is 12.3 Å². The second-order valence-electron chi connectivity index (χ2n) is 8.77. The number of nitrogens with zero attached hydrogens (tertiary/aromatic N) is 5. The van der Waals surface area contributed by atoms with E-state index < -0.39 is 0 Å². The monoisotopic (exact) mass is 436 g/mol. The van der Waals surface area contributed by atoms with Gasteiger partial charge in [0.2, 0.25) is 0 Å². The quantitative estimate of drug-likeness (QED) is 0.645. The highest BCUT2D eigenvalue weighted by atomic mass is 16.5. The predicted molar refractivity (Wildman–Crippen MR) is 125 cm³/mol. The maximum Gasteiger partial charge on any atom is 0.153 e. The van der Waals surface area contributed by atoms with E-state index in [1.54, 1.807) is 6.20 Å². The number of fused-ring (bicyclic) bond motifs is 1. The van der Waals surface area contributed by atoms with Gasteiger partial charge in [0.1, 0.15) is 12.0 Å². The molecule has 32 heavy (non-hydrogen) atoms. The molecular weight excluding hydrogens is 404 g/mol. The Kier molecular flexibility index (Phi) is 6.11. The molecule has 2 aliphatic heterocycles. The Balaban J connectivity index is 0.00000245. The normalized spacial score (nSPS) is 22.3. The van der Waals surface area contributed by atoms with Crippen LogP contribution in [0.1, 0.15) is 38.6 Å². The van der Waals surface area contributed by atoms with E-state index in [1.165, 1.54) is 6.33 Å². The standard InChI is InChI=1S/C23H28N6O2.CH4/c1-14-20(16-3-4-17-10-25-13-26-18(17)9-16)28-19(11-30)22(27-14)29-7-5-23(6-8-29)12-31-15(2)21(23)24;/h3-4,9-10,13,15,21,30H,5-8,11-12,24H2,1-2H3;1H4/t15-,21+;/m0./s1. The number of anilines is 1. The van der Waals surface area contributed by atoms with Crippen molar-refractivity contribution in [3.63, 3.8) is 0 Å². The van der Waals surface area contributed by atoms with Crippen LogP contribution in [0.25, 0.3) is 22.2 Å². The predicted octanol–water partition coefficient (Wildman–Crippen LogP) is 2.86. The molecule has 0 radical (unpaired) electrons. The second-order valence-corrected chi connectivity index (χ2v) is 8.77. The van der Waals surface area contributed by atoms with Crippen molar-refractivity contribution in [1.29, 1.82) is 0 Å². The number of aliphatic hydroxyl groups excluding tert-OH is 1. The zero-order valence-electron chi connectivity index (χ0n) is 18.0. The average molecular weight is 437 g/mol. The summed E-state index contributed by atoms with van der Waals surface area (Å²) in [6.07, 6.45) is 5.34. The molecule has 4 heterocycles. The fraction of sp³-hybridized carbons (Fsp3) is 0.500. The maximum atomic E-state index is 10.1. The molecule has 3 N–H and O–H groups in total. The number of aryl methyl sites for hydroxylation is 1. The van der Waals surface area contributed by atoms with E-state index in [1.807, 2.05) is 25.1 Å². The van der Waals surface area contributed by atoms with Gasteiger partial charge in [-0.25, -0.2) is 19.9 Å². The van der Waals surface area contributed by atoms with Crippen molar-refractivity contribution in [2.45, 2.75) is 52.9 Å². The third-order valence-electron chi connectivity index (χ3n) is 6.96. The van der Waals surface area contributed by atoms with Crippen molar-refractivity contribution in [2.24, 2.45) is 11.1 Å². The van der Waals surface area contributed by atoms with E-state index >= 15 is 0 Å². The smallest absolute Gasteiger partial charge is 0.153 e. The summed E-state index contributed by atoms with van der Waals surface area (Å²) in [5.74, 6) is 0.766. The van der Waals surface area contributed by atoms with E-state index in [0.717, 1.165) is 66.2 Å². The number of piperidine rings is 1. The minimum Gasteiger partial charge on any atom is -0.390 e. The number of benzene rings is 1. The van der Waals surface area contributed by atoms with Gasteiger partial charge in [0.15, 0.2) is 5.82 Å². The van der Waals surface area contributed by atoms with Gasteiger partial charge in [0, 0.05) is 41.7 Å². The highest BCUT2D eigenvalue weighted by molar-refractivity contribution is 5.83. The lowest BCUT2D eigenvalue weighted by Crippen LogP contribution is -2.51. The molecule has 170 valence electrons. The lowest BCUT2D eigenvalue weighted by molar-refractivity contribution is 0.0973. The number of aromatic nitrogens is 4. The molecule has 2 aliphatic rings. The first-order valence-electron chi connectivity index (χ1n) is 10.8. The Morgan fingerprint density at radius 1 is 1.25 bits per heavy atom. The summed E-state index contributed by atoms with van der Waals surface area (Å²) in [7, 11) is 0. The van der Waals surface area contributed by atoms with Crippen LogP contribution >= 0.6 is 0 Å². The number of ether oxygens (including phenoxy) is 1. The van der Waals surface area contributed by atoms with E-state index in [4.69, 9.17) is 20.4 Å². The molecule has 1 aromatic carbocycles. The first-order chi connectivity index (χ1) is 15.0. The molecule has 0 saturated carbocycles. The fourth-order valence-corrected chi connectivity index (χ4v) is 4.93. The van der Waals surface area contributed by atoms with Crippen LogP contribution in [0.3, 0.4) is 0 Å². The van der Waals surface area contributed by atoms with Crippen LogP contribution in [0.4, 0.5) is 5.82 Å². The van der Waals surface area contributed by atoms with E-state index in [2.05, 4.69) is 21.8 Å². The topological polar surface area (TPSA) is 110 Å². The molecule has 2 atom stereocenters. The zero-order chi connectivity index (χ0) is 21.6. The number of hydrogen-bond donors (Lipinski definition) is 2. The minimum absolute atomic E-state index is 0. The molecule has 0 amide bonds. The Hall–Kier alpha value is -2.68. The van der Waals surface area contributed by atoms with Crippen LogP contribution in [-0.2, 0) is 11.3 Å². The largest absolute Gasteiger partial charge is 0.390 e. The van der Waals surface area contributed by atoms with Gasteiger partial charge in [-0.15, -0.1) is 0 Å². The van der Waals surface area contributed by atoms with Crippen LogP contribution in [0.2, 0.25) is 0 Å². The highest BCUT2D eigenvalue weighted by Gasteiger charge is 2.47. The molecule has 0 bridgehead atoms. The van der Waals surface area contributed by atoms with E-state index in [-0.39, 0.29) is 31.6 Å². The summed E-state index contributed by atoms with van der Waals surface area (Å²) >= 11 is 0. The zero-order valence-corrected chi connectivity index (χ0v) is 18.0. The SMILES string of the molecule is C.Cc1nc(N2CCC3(CC2)CO[C@@H](C)[C@H]3N)c(CO)nc1-c1ccc2cncnc2c1. The lowest BCUT2D eigenvalue weighted by Gasteiger charge is -2.42. The van der Waals surface area contributed by atoms with Crippen LogP contribution in [-0.4, -0.2) is 56.9 Å². The third-order valence-corrected chi connectivity index (χ3v) is 6.96. The van der Waals surface area contributed by atoms with Gasteiger partial charge in [0.05, 0.1) is 36.2 Å². The van der Waals surface area contributed by atoms with Gasteiger partial charge in [-0.2, -0.15) is 0 Å². The summed E-state index contributed by atoms with van der Waals surface area (Å²) in [6, 6.07) is 6.04. The Morgan fingerprint density at radius 3 is 2.72 bits per heavy atom. The average Bonchev–Trinajstić information content (AvgIpc) is 3.07. The van der Waals surface area contributed by atoms with Crippen molar-refractivity contribution < 1.29 is 9.84 Å². The fourth-order valence-electron chi connectivity index (χ4n) is 4.93. The van der Waals surface area contributed by atoms with Crippen molar-refractivity contribution in [3.05, 3.63) is 42.1 Å². The van der Waals surface area contributed by atoms with Crippen LogP contribution < -0.4 is 10.6 Å². The second kappa shape index (κ2) is 8.69. The Labute approximate surface area is 188 Å². The number of aliphatic hydroxyl groups is 1. The Bertz CT molecular complexity index is 1110. The van der Waals surface area contributed by atoms with E-state index in [9.17, 15) is 5.11 Å². The van der Waals surface area contributed by atoms with Crippen LogP contribution in [0.5, 0.6) is 0 Å². The minimum atomic E-state index is -0.160. The van der Waals surface area contributed by atoms with Crippen molar-refractivity contribution in [2.75, 3.05) is 24.6 Å². The molecule has 3 aromatic rings. The van der Waals surface area contributed by atoms with Gasteiger partial charge >= 0.3 is 0 Å². The van der Waals surface area contributed by atoms with Crippen LogP contribution in [0.15, 0.2) is 30.7 Å². The van der Waals surface area contributed by atoms with Crippen molar-refractivity contribution in [1.82, 2.24) is 19.9 Å².